The highest BCUT2D eigenvalue weighted by molar-refractivity contribution is 6.32. The predicted molar refractivity (Wildman–Crippen MR) is 115 cm³/mol. The Morgan fingerprint density at radius 2 is 1.97 bits per heavy atom. The zero-order valence-electron chi connectivity index (χ0n) is 16.6. The molecule has 30 heavy (non-hydrogen) atoms. The van der Waals surface area contributed by atoms with E-state index in [0.717, 1.165) is 11.3 Å². The van der Waals surface area contributed by atoms with Crippen molar-refractivity contribution in [3.05, 3.63) is 64.8 Å². The van der Waals surface area contributed by atoms with E-state index in [1.54, 1.807) is 42.5 Å². The number of imide groups is 1. The first-order valence-corrected chi connectivity index (χ1v) is 9.90. The van der Waals surface area contributed by atoms with Gasteiger partial charge in [0, 0.05) is 5.69 Å². The number of carbonyl (C=O) groups is 3. The first kappa shape index (κ1) is 21.4. The fourth-order valence-electron chi connectivity index (χ4n) is 2.75. The number of halogens is 1. The van der Waals surface area contributed by atoms with E-state index >= 15 is 0 Å². The molecule has 1 saturated heterocycles. The van der Waals surface area contributed by atoms with Crippen LogP contribution in [0.2, 0.25) is 5.02 Å². The van der Waals surface area contributed by atoms with Crippen molar-refractivity contribution < 1.29 is 19.1 Å². The molecule has 1 heterocycles. The first-order chi connectivity index (χ1) is 14.4. The van der Waals surface area contributed by atoms with Gasteiger partial charge in [0.2, 0.25) is 5.91 Å². The summed E-state index contributed by atoms with van der Waals surface area (Å²) in [4.78, 5) is 37.8. The second-order valence-corrected chi connectivity index (χ2v) is 7.23. The van der Waals surface area contributed by atoms with E-state index in [1.165, 1.54) is 6.08 Å². The summed E-state index contributed by atoms with van der Waals surface area (Å²) in [6, 6.07) is 13.2. The van der Waals surface area contributed by atoms with Gasteiger partial charge in [0.15, 0.2) is 0 Å². The van der Waals surface area contributed by atoms with Gasteiger partial charge < -0.3 is 15.4 Å². The van der Waals surface area contributed by atoms with Crippen molar-refractivity contribution in [2.75, 3.05) is 11.9 Å². The van der Waals surface area contributed by atoms with E-state index in [4.69, 9.17) is 16.3 Å². The molecule has 1 aliphatic heterocycles. The molecule has 3 rings (SSSR count). The van der Waals surface area contributed by atoms with Gasteiger partial charge in [0.25, 0.3) is 5.91 Å². The summed E-state index contributed by atoms with van der Waals surface area (Å²) < 4.78 is 5.73. The van der Waals surface area contributed by atoms with Crippen LogP contribution < -0.4 is 15.4 Å². The van der Waals surface area contributed by atoms with Crippen LogP contribution in [-0.4, -0.2) is 35.4 Å². The number of nitrogens with one attached hydrogen (secondary N) is 2. The smallest absolute Gasteiger partial charge is 0.329 e. The van der Waals surface area contributed by atoms with Crippen LogP contribution in [0.3, 0.4) is 0 Å². The summed E-state index contributed by atoms with van der Waals surface area (Å²) in [6.07, 6.45) is 2.38. The molecule has 0 saturated carbocycles. The fourth-order valence-corrected chi connectivity index (χ4v) is 2.98. The van der Waals surface area contributed by atoms with Crippen molar-refractivity contribution >= 4 is 41.2 Å². The average Bonchev–Trinajstić information content (AvgIpc) is 2.98. The van der Waals surface area contributed by atoms with Gasteiger partial charge in [-0.15, -0.1) is 0 Å². The summed E-state index contributed by atoms with van der Waals surface area (Å²) in [6.45, 7) is 3.57. The van der Waals surface area contributed by atoms with Gasteiger partial charge in [-0.25, -0.2) is 9.69 Å². The number of ether oxygens (including phenoxy) is 1. The number of hydrogen-bond acceptors (Lipinski definition) is 4. The van der Waals surface area contributed by atoms with E-state index < -0.39 is 17.8 Å². The summed E-state index contributed by atoms with van der Waals surface area (Å²) in [7, 11) is 0. The first-order valence-electron chi connectivity index (χ1n) is 9.53. The number of benzene rings is 2. The molecule has 1 fully saturated rings. The van der Waals surface area contributed by atoms with E-state index in [0.29, 0.717) is 22.0 Å². The van der Waals surface area contributed by atoms with Crippen molar-refractivity contribution in [2.45, 2.75) is 26.4 Å². The molecule has 2 N–H and O–H groups in total. The molecular weight excluding hydrogens is 406 g/mol. The van der Waals surface area contributed by atoms with E-state index in [1.807, 2.05) is 19.9 Å². The summed E-state index contributed by atoms with van der Waals surface area (Å²) in [5.74, 6) is -0.506. The lowest BCUT2D eigenvalue weighted by Gasteiger charge is -2.14. The molecule has 0 spiro atoms. The largest absolute Gasteiger partial charge is 0.489 e. The molecule has 156 valence electrons. The number of carbonyl (C=O) groups excluding carboxylic acids is 3. The predicted octanol–water partition coefficient (Wildman–Crippen LogP) is 4.05. The lowest BCUT2D eigenvalue weighted by molar-refractivity contribution is -0.127. The maximum absolute atomic E-state index is 12.6. The van der Waals surface area contributed by atoms with Gasteiger partial charge in [-0.05, 0) is 49.2 Å². The maximum Gasteiger partial charge on any atom is 0.329 e. The summed E-state index contributed by atoms with van der Waals surface area (Å²) >= 11 is 6.27. The Bertz CT molecular complexity index is 991. The molecule has 4 amide bonds. The van der Waals surface area contributed by atoms with Crippen molar-refractivity contribution in [1.29, 1.82) is 0 Å². The van der Waals surface area contributed by atoms with E-state index in [-0.39, 0.29) is 18.3 Å². The molecule has 1 aliphatic rings. The van der Waals surface area contributed by atoms with Crippen LogP contribution in [0.1, 0.15) is 25.8 Å². The monoisotopic (exact) mass is 427 g/mol. The second-order valence-electron chi connectivity index (χ2n) is 6.82. The molecule has 0 radical (unpaired) electrons. The highest BCUT2D eigenvalue weighted by atomic mass is 35.5. The highest BCUT2D eigenvalue weighted by Crippen LogP contribution is 2.28. The average molecular weight is 428 g/mol. The van der Waals surface area contributed by atoms with Crippen LogP contribution in [0.4, 0.5) is 10.5 Å². The molecule has 2 aromatic rings. The summed E-state index contributed by atoms with van der Waals surface area (Å²) in [5, 5.41) is 5.54. The quantitative estimate of drug-likeness (QED) is 0.515. The molecule has 0 aromatic heterocycles. The third kappa shape index (κ3) is 5.18. The second kappa shape index (κ2) is 9.45. The minimum Gasteiger partial charge on any atom is -0.489 e. The Balaban J connectivity index is 1.68. The van der Waals surface area contributed by atoms with Crippen LogP contribution in [0.25, 0.3) is 6.08 Å². The Hall–Kier alpha value is -3.32. The van der Waals surface area contributed by atoms with Gasteiger partial charge in [0.1, 0.15) is 18.0 Å². The standard InChI is InChI=1S/C22H22ClN3O4/c1-3-14(2)30-19-10-9-15(11-17(19)23)12-18-21(28)26(22(29)25-18)13-20(27)24-16-7-5-4-6-8-16/h4-12,14H,3,13H2,1-2H3,(H,24,27)(H,25,29)/b18-12-/t14-/m0/s1. The molecule has 0 bridgehead atoms. The van der Waals surface area contributed by atoms with Crippen LogP contribution in [0.15, 0.2) is 54.2 Å². The van der Waals surface area contributed by atoms with Crippen LogP contribution in [0, 0.1) is 0 Å². The molecule has 7 nitrogen and oxygen atoms in total. The van der Waals surface area contributed by atoms with Crippen molar-refractivity contribution in [3.63, 3.8) is 0 Å². The number of rotatable bonds is 7. The van der Waals surface area contributed by atoms with Gasteiger partial charge in [-0.2, -0.15) is 0 Å². The van der Waals surface area contributed by atoms with Gasteiger partial charge in [-0.3, -0.25) is 9.59 Å². The Morgan fingerprint density at radius 3 is 2.63 bits per heavy atom. The third-order valence-electron chi connectivity index (χ3n) is 4.49. The number of hydrogen-bond donors (Lipinski definition) is 2. The topological polar surface area (TPSA) is 87.7 Å². The molecule has 8 heteroatoms. The number of para-hydroxylation sites is 1. The highest BCUT2D eigenvalue weighted by Gasteiger charge is 2.34. The lowest BCUT2D eigenvalue weighted by Crippen LogP contribution is -2.38. The maximum atomic E-state index is 12.6. The van der Waals surface area contributed by atoms with Crippen LogP contribution in [-0.2, 0) is 9.59 Å². The molecule has 1 atom stereocenters. The summed E-state index contributed by atoms with van der Waals surface area (Å²) in [5.41, 5.74) is 1.27. The zero-order chi connectivity index (χ0) is 21.7. The third-order valence-corrected chi connectivity index (χ3v) is 4.79. The fraction of sp³-hybridized carbons (Fsp3) is 0.227. The van der Waals surface area contributed by atoms with E-state index in [9.17, 15) is 14.4 Å². The number of nitrogens with zero attached hydrogens (tertiary/aromatic N) is 1. The van der Waals surface area contributed by atoms with Gasteiger partial charge in [-0.1, -0.05) is 42.8 Å². The SMILES string of the molecule is CC[C@H](C)Oc1ccc(/C=C2\NC(=O)N(CC(=O)Nc3ccccc3)C2=O)cc1Cl. The number of urea groups is 1. The molecule has 0 aliphatic carbocycles. The number of anilines is 1. The van der Waals surface area contributed by atoms with Gasteiger partial charge >= 0.3 is 6.03 Å². The van der Waals surface area contributed by atoms with Crippen molar-refractivity contribution in [2.24, 2.45) is 0 Å². The molecule has 0 unspecified atom stereocenters. The molecular formula is C22H22ClN3O4. The molecule has 2 aromatic carbocycles. The Morgan fingerprint density at radius 1 is 1.23 bits per heavy atom. The van der Waals surface area contributed by atoms with Crippen LogP contribution in [0.5, 0.6) is 5.75 Å². The Labute approximate surface area is 179 Å². The number of amides is 4. The normalized spacial score (nSPS) is 15.8. The van der Waals surface area contributed by atoms with Crippen molar-refractivity contribution in [3.8, 4) is 5.75 Å². The lowest BCUT2D eigenvalue weighted by atomic mass is 10.1. The van der Waals surface area contributed by atoms with Crippen LogP contribution >= 0.6 is 11.6 Å². The zero-order valence-corrected chi connectivity index (χ0v) is 17.4. The Kier molecular flexibility index (Phi) is 6.74. The van der Waals surface area contributed by atoms with E-state index in [2.05, 4.69) is 10.6 Å². The van der Waals surface area contributed by atoms with Gasteiger partial charge in [0.05, 0.1) is 11.1 Å². The minimum absolute atomic E-state index is 0.0259. The van der Waals surface area contributed by atoms with Crippen molar-refractivity contribution in [1.82, 2.24) is 10.2 Å². The minimum atomic E-state index is -0.655.